The minimum Gasteiger partial charge on any atom is -0.454 e. The summed E-state index contributed by atoms with van der Waals surface area (Å²) in [4.78, 5) is 26.1. The highest BCUT2D eigenvalue weighted by molar-refractivity contribution is 5.86. The van der Waals surface area contributed by atoms with E-state index in [0.29, 0.717) is 12.3 Å². The molecule has 1 aromatic carbocycles. The van der Waals surface area contributed by atoms with Gasteiger partial charge in [0.15, 0.2) is 11.5 Å². The van der Waals surface area contributed by atoms with Crippen LogP contribution in [0.5, 0.6) is 11.5 Å². The first-order chi connectivity index (χ1) is 11.7. The molecule has 4 rings (SSSR count). The SMILES string of the molecule is O=C1CN(C(=O)NCc2ccc3c(c2)OCO3)[C@@H]2CCCC[C@H]2N1. The smallest absolute Gasteiger partial charge is 0.318 e. The molecule has 2 N–H and O–H groups in total. The monoisotopic (exact) mass is 331 g/mol. The molecule has 2 fully saturated rings. The zero-order valence-electron chi connectivity index (χ0n) is 13.4. The van der Waals surface area contributed by atoms with E-state index in [1.807, 2.05) is 18.2 Å². The topological polar surface area (TPSA) is 79.9 Å². The number of hydrogen-bond acceptors (Lipinski definition) is 4. The van der Waals surface area contributed by atoms with Gasteiger partial charge in [0.2, 0.25) is 12.7 Å². The van der Waals surface area contributed by atoms with Crippen molar-refractivity contribution in [3.05, 3.63) is 23.8 Å². The molecule has 1 aliphatic carbocycles. The van der Waals surface area contributed by atoms with E-state index in [9.17, 15) is 9.59 Å². The van der Waals surface area contributed by atoms with Crippen molar-refractivity contribution in [3.63, 3.8) is 0 Å². The number of fused-ring (bicyclic) bond motifs is 2. The second-order valence-corrected chi connectivity index (χ2v) is 6.50. The highest BCUT2D eigenvalue weighted by Crippen LogP contribution is 2.32. The van der Waals surface area contributed by atoms with Gasteiger partial charge in [-0.2, -0.15) is 0 Å². The van der Waals surface area contributed by atoms with E-state index in [4.69, 9.17) is 9.47 Å². The van der Waals surface area contributed by atoms with Gasteiger partial charge >= 0.3 is 6.03 Å². The third-order valence-electron chi connectivity index (χ3n) is 4.93. The first-order valence-electron chi connectivity index (χ1n) is 8.43. The van der Waals surface area contributed by atoms with Gasteiger partial charge in [-0.25, -0.2) is 4.79 Å². The number of nitrogens with zero attached hydrogens (tertiary/aromatic N) is 1. The van der Waals surface area contributed by atoms with Gasteiger partial charge in [0.25, 0.3) is 0 Å². The molecule has 1 aromatic rings. The Morgan fingerprint density at radius 3 is 3.00 bits per heavy atom. The predicted octanol–water partition coefficient (Wildman–Crippen LogP) is 1.37. The summed E-state index contributed by atoms with van der Waals surface area (Å²) in [6.07, 6.45) is 4.10. The number of carbonyl (C=O) groups excluding carboxylic acids is 2. The summed E-state index contributed by atoms with van der Waals surface area (Å²) in [5, 5.41) is 5.94. The van der Waals surface area contributed by atoms with Crippen LogP contribution in [0.2, 0.25) is 0 Å². The van der Waals surface area contributed by atoms with Crippen LogP contribution in [0.15, 0.2) is 18.2 Å². The van der Waals surface area contributed by atoms with Crippen LogP contribution >= 0.6 is 0 Å². The molecule has 0 bridgehead atoms. The minimum atomic E-state index is -0.181. The molecule has 3 amide bonds. The number of benzene rings is 1. The normalized spacial score (nSPS) is 25.0. The molecule has 7 nitrogen and oxygen atoms in total. The number of carbonyl (C=O) groups is 2. The van der Waals surface area contributed by atoms with Gasteiger partial charge in [-0.15, -0.1) is 0 Å². The van der Waals surface area contributed by atoms with Crippen LogP contribution in [0.1, 0.15) is 31.2 Å². The maximum Gasteiger partial charge on any atom is 0.318 e. The van der Waals surface area contributed by atoms with Crippen LogP contribution in [-0.2, 0) is 11.3 Å². The highest BCUT2D eigenvalue weighted by atomic mass is 16.7. The summed E-state index contributed by atoms with van der Waals surface area (Å²) < 4.78 is 10.6. The first-order valence-corrected chi connectivity index (χ1v) is 8.43. The second kappa shape index (κ2) is 6.22. The van der Waals surface area contributed by atoms with Gasteiger partial charge in [-0.3, -0.25) is 4.79 Å². The Morgan fingerprint density at radius 2 is 2.08 bits per heavy atom. The van der Waals surface area contributed by atoms with Crippen molar-refractivity contribution in [2.24, 2.45) is 0 Å². The fraction of sp³-hybridized carbons (Fsp3) is 0.529. The Bertz CT molecular complexity index is 663. The van der Waals surface area contributed by atoms with Gasteiger partial charge in [0.05, 0.1) is 6.04 Å². The maximum atomic E-state index is 12.6. The summed E-state index contributed by atoms with van der Waals surface area (Å²) in [7, 11) is 0. The van der Waals surface area contributed by atoms with E-state index in [0.717, 1.165) is 37.0 Å². The fourth-order valence-corrected chi connectivity index (χ4v) is 3.73. The highest BCUT2D eigenvalue weighted by Gasteiger charge is 2.38. The Morgan fingerprint density at radius 1 is 1.25 bits per heavy atom. The third-order valence-corrected chi connectivity index (χ3v) is 4.93. The summed E-state index contributed by atoms with van der Waals surface area (Å²) in [5.74, 6) is 1.35. The average molecular weight is 331 g/mol. The molecule has 7 heteroatoms. The summed E-state index contributed by atoms with van der Waals surface area (Å²) in [5.41, 5.74) is 0.939. The molecular weight excluding hydrogens is 310 g/mol. The van der Waals surface area contributed by atoms with E-state index in [2.05, 4.69) is 10.6 Å². The van der Waals surface area contributed by atoms with Crippen LogP contribution in [0.3, 0.4) is 0 Å². The first kappa shape index (κ1) is 15.1. The van der Waals surface area contributed by atoms with Gasteiger partial charge < -0.3 is 25.0 Å². The quantitative estimate of drug-likeness (QED) is 0.858. The van der Waals surface area contributed by atoms with Gasteiger partial charge in [0.1, 0.15) is 6.54 Å². The van der Waals surface area contributed by atoms with E-state index in [1.54, 1.807) is 4.90 Å². The molecule has 0 unspecified atom stereocenters. The van der Waals surface area contributed by atoms with E-state index in [-0.39, 0.29) is 37.4 Å². The summed E-state index contributed by atoms with van der Waals surface area (Å²) in [6.45, 7) is 0.760. The zero-order chi connectivity index (χ0) is 16.5. The third kappa shape index (κ3) is 2.86. The maximum absolute atomic E-state index is 12.6. The van der Waals surface area contributed by atoms with E-state index < -0.39 is 0 Å². The molecule has 3 aliphatic rings. The Hall–Kier alpha value is -2.44. The van der Waals surface area contributed by atoms with Crippen LogP contribution in [0.25, 0.3) is 0 Å². The number of nitrogens with one attached hydrogen (secondary N) is 2. The number of rotatable bonds is 2. The lowest BCUT2D eigenvalue weighted by Crippen LogP contribution is -2.64. The zero-order valence-corrected chi connectivity index (χ0v) is 13.4. The molecule has 24 heavy (non-hydrogen) atoms. The lowest BCUT2D eigenvalue weighted by atomic mass is 9.87. The molecule has 0 aromatic heterocycles. The van der Waals surface area contributed by atoms with Gasteiger partial charge in [0, 0.05) is 12.6 Å². The minimum absolute atomic E-state index is 0.0728. The van der Waals surface area contributed by atoms with Crippen LogP contribution in [0.4, 0.5) is 4.79 Å². The molecule has 2 heterocycles. The van der Waals surface area contributed by atoms with Crippen LogP contribution < -0.4 is 20.1 Å². The van der Waals surface area contributed by atoms with Crippen molar-refractivity contribution in [1.82, 2.24) is 15.5 Å². The van der Waals surface area contributed by atoms with Crippen molar-refractivity contribution in [2.45, 2.75) is 44.3 Å². The molecule has 0 spiro atoms. The van der Waals surface area contributed by atoms with Gasteiger partial charge in [-0.05, 0) is 30.5 Å². The number of amides is 3. The second-order valence-electron chi connectivity index (χ2n) is 6.50. The summed E-state index contributed by atoms with van der Waals surface area (Å²) in [6, 6.07) is 5.63. The van der Waals surface area contributed by atoms with Gasteiger partial charge in [-0.1, -0.05) is 18.9 Å². The lowest BCUT2D eigenvalue weighted by molar-refractivity contribution is -0.126. The van der Waals surface area contributed by atoms with Crippen molar-refractivity contribution < 1.29 is 19.1 Å². The Kier molecular flexibility index (Phi) is 3.92. The van der Waals surface area contributed by atoms with Crippen molar-refractivity contribution in [2.75, 3.05) is 13.3 Å². The van der Waals surface area contributed by atoms with Crippen LogP contribution in [0, 0.1) is 0 Å². The Balaban J connectivity index is 1.40. The number of hydrogen-bond donors (Lipinski definition) is 2. The van der Waals surface area contributed by atoms with E-state index in [1.165, 1.54) is 0 Å². The molecule has 2 atom stereocenters. The van der Waals surface area contributed by atoms with E-state index >= 15 is 0 Å². The van der Waals surface area contributed by atoms with Crippen molar-refractivity contribution in [1.29, 1.82) is 0 Å². The lowest BCUT2D eigenvalue weighted by Gasteiger charge is -2.43. The average Bonchev–Trinajstić information content (AvgIpc) is 3.06. The fourth-order valence-electron chi connectivity index (χ4n) is 3.73. The molecule has 2 aliphatic heterocycles. The number of ether oxygens (including phenoxy) is 2. The number of urea groups is 1. The largest absolute Gasteiger partial charge is 0.454 e. The molecule has 128 valence electrons. The standard InChI is InChI=1S/C17H21N3O4/c21-16-9-20(13-4-2-1-3-12(13)19-16)17(22)18-8-11-5-6-14-15(7-11)24-10-23-14/h5-7,12-13H,1-4,8-10H2,(H,18,22)(H,19,21)/t12-,13-/m1/s1. The predicted molar refractivity (Wildman–Crippen MR) is 85.7 cm³/mol. The molecule has 1 saturated carbocycles. The van der Waals surface area contributed by atoms with Crippen molar-refractivity contribution >= 4 is 11.9 Å². The number of piperazine rings is 1. The molecule has 1 saturated heterocycles. The Labute approximate surface area is 140 Å². The molecule has 0 radical (unpaired) electrons. The van der Waals surface area contributed by atoms with Crippen molar-refractivity contribution in [3.8, 4) is 11.5 Å². The van der Waals surface area contributed by atoms with Crippen LogP contribution in [-0.4, -0.2) is 42.3 Å². The molecular formula is C17H21N3O4. The summed E-state index contributed by atoms with van der Waals surface area (Å²) >= 11 is 0.